The van der Waals surface area contributed by atoms with E-state index in [0.717, 1.165) is 19.3 Å². The smallest absolute Gasteiger partial charge is 0.303 e. The topological polar surface area (TPSA) is 37.3 Å². The Morgan fingerprint density at radius 2 is 1.41 bits per heavy atom. The van der Waals surface area contributed by atoms with Gasteiger partial charge in [0.2, 0.25) is 0 Å². The van der Waals surface area contributed by atoms with E-state index in [0.29, 0.717) is 5.92 Å². The molecule has 1 N–H and O–H groups in total. The first-order valence-electron chi connectivity index (χ1n) is 7.93. The molecule has 0 aliphatic carbocycles. The van der Waals surface area contributed by atoms with Crippen LogP contribution in [-0.4, -0.2) is 11.1 Å². The predicted molar refractivity (Wildman–Crippen MR) is 89.8 cm³/mol. The molecule has 0 amide bonds. The summed E-state index contributed by atoms with van der Waals surface area (Å²) in [6, 6.07) is 20.6. The minimum Gasteiger partial charge on any atom is -0.481 e. The second-order valence-corrected chi connectivity index (χ2v) is 6.18. The summed E-state index contributed by atoms with van der Waals surface area (Å²) < 4.78 is 0. The van der Waals surface area contributed by atoms with E-state index in [-0.39, 0.29) is 12.3 Å². The summed E-state index contributed by atoms with van der Waals surface area (Å²) in [5.74, 6) is -0.0260. The van der Waals surface area contributed by atoms with Crippen LogP contribution in [-0.2, 0) is 17.6 Å². The molecule has 0 spiro atoms. The van der Waals surface area contributed by atoms with Gasteiger partial charge >= 0.3 is 5.97 Å². The molecule has 0 aromatic heterocycles. The number of aliphatic carboxylic acids is 1. The molecule has 0 saturated carbocycles. The Hall–Kier alpha value is -2.09. The van der Waals surface area contributed by atoms with Gasteiger partial charge in [0.15, 0.2) is 0 Å². The van der Waals surface area contributed by atoms with Crippen LogP contribution in [0.5, 0.6) is 0 Å². The Balaban J connectivity index is 1.95. The van der Waals surface area contributed by atoms with E-state index in [1.165, 1.54) is 11.1 Å². The third-order valence-corrected chi connectivity index (χ3v) is 3.99. The molecule has 2 aromatic carbocycles. The lowest BCUT2D eigenvalue weighted by molar-refractivity contribution is -0.138. The first-order chi connectivity index (χ1) is 10.6. The highest BCUT2D eigenvalue weighted by molar-refractivity contribution is 5.67. The van der Waals surface area contributed by atoms with Gasteiger partial charge in [0.1, 0.15) is 0 Å². The fourth-order valence-electron chi connectivity index (χ4n) is 3.10. The molecule has 2 atom stereocenters. The maximum absolute atomic E-state index is 11.1. The molecule has 0 aliphatic rings. The van der Waals surface area contributed by atoms with Gasteiger partial charge in [0.05, 0.1) is 0 Å². The molecule has 0 saturated heterocycles. The van der Waals surface area contributed by atoms with Crippen molar-refractivity contribution in [1.29, 1.82) is 0 Å². The van der Waals surface area contributed by atoms with Crippen molar-refractivity contribution in [2.45, 2.75) is 32.6 Å². The first kappa shape index (κ1) is 16.3. The lowest BCUT2D eigenvalue weighted by atomic mass is 9.85. The van der Waals surface area contributed by atoms with Gasteiger partial charge in [-0.1, -0.05) is 67.6 Å². The van der Waals surface area contributed by atoms with E-state index in [9.17, 15) is 4.79 Å². The van der Waals surface area contributed by atoms with Gasteiger partial charge in [0, 0.05) is 6.42 Å². The van der Waals surface area contributed by atoms with Gasteiger partial charge in [-0.15, -0.1) is 0 Å². The molecule has 0 heterocycles. The number of hydrogen-bond donors (Lipinski definition) is 1. The Morgan fingerprint density at radius 1 is 0.909 bits per heavy atom. The molecule has 2 unspecified atom stereocenters. The summed E-state index contributed by atoms with van der Waals surface area (Å²) in [7, 11) is 0. The van der Waals surface area contributed by atoms with Gasteiger partial charge in [-0.3, -0.25) is 4.79 Å². The zero-order valence-electron chi connectivity index (χ0n) is 13.1. The fourth-order valence-corrected chi connectivity index (χ4v) is 3.10. The van der Waals surface area contributed by atoms with Crippen molar-refractivity contribution in [3.63, 3.8) is 0 Å². The van der Waals surface area contributed by atoms with E-state index in [1.807, 2.05) is 24.3 Å². The maximum atomic E-state index is 11.1. The van der Waals surface area contributed by atoms with E-state index in [1.54, 1.807) is 0 Å². The van der Waals surface area contributed by atoms with E-state index in [2.05, 4.69) is 43.3 Å². The normalized spacial score (nSPS) is 13.5. The third-order valence-electron chi connectivity index (χ3n) is 3.99. The Labute approximate surface area is 132 Å². The van der Waals surface area contributed by atoms with Crippen molar-refractivity contribution >= 4 is 5.97 Å². The Kier molecular flexibility index (Phi) is 6.20. The number of carbonyl (C=O) groups is 1. The summed E-state index contributed by atoms with van der Waals surface area (Å²) >= 11 is 0. The second-order valence-electron chi connectivity index (χ2n) is 6.18. The van der Waals surface area contributed by atoms with Crippen LogP contribution >= 0.6 is 0 Å². The highest BCUT2D eigenvalue weighted by atomic mass is 16.4. The summed E-state index contributed by atoms with van der Waals surface area (Å²) in [5, 5.41) is 9.16. The molecule has 0 bridgehead atoms. The van der Waals surface area contributed by atoms with Crippen molar-refractivity contribution in [2.75, 3.05) is 0 Å². The molecule has 116 valence electrons. The van der Waals surface area contributed by atoms with Crippen LogP contribution in [0.1, 0.15) is 30.9 Å². The molecule has 2 rings (SSSR count). The summed E-state index contributed by atoms with van der Waals surface area (Å²) in [4.78, 5) is 11.1. The molecular weight excluding hydrogens is 272 g/mol. The minimum atomic E-state index is -0.701. The molecule has 0 aliphatic heterocycles. The highest BCUT2D eigenvalue weighted by Crippen LogP contribution is 2.23. The van der Waals surface area contributed by atoms with Crippen molar-refractivity contribution in [1.82, 2.24) is 0 Å². The van der Waals surface area contributed by atoms with Gasteiger partial charge in [0.25, 0.3) is 0 Å². The van der Waals surface area contributed by atoms with E-state index < -0.39 is 5.97 Å². The van der Waals surface area contributed by atoms with Crippen LogP contribution in [0.15, 0.2) is 60.7 Å². The van der Waals surface area contributed by atoms with Crippen LogP contribution in [0, 0.1) is 11.8 Å². The summed E-state index contributed by atoms with van der Waals surface area (Å²) in [6.07, 6.45) is 3.03. The highest BCUT2D eigenvalue weighted by Gasteiger charge is 2.17. The van der Waals surface area contributed by atoms with Crippen molar-refractivity contribution < 1.29 is 9.90 Å². The van der Waals surface area contributed by atoms with E-state index in [4.69, 9.17) is 5.11 Å². The summed E-state index contributed by atoms with van der Waals surface area (Å²) in [5.41, 5.74) is 2.55. The average Bonchev–Trinajstić information content (AvgIpc) is 2.48. The molecule has 2 nitrogen and oxygen atoms in total. The first-order valence-corrected chi connectivity index (χ1v) is 7.93. The van der Waals surface area contributed by atoms with Crippen LogP contribution in [0.3, 0.4) is 0 Å². The molecule has 0 fully saturated rings. The number of carboxylic acids is 1. The fraction of sp³-hybridized carbons (Fsp3) is 0.350. The molecule has 0 radical (unpaired) electrons. The maximum Gasteiger partial charge on any atom is 0.303 e. The van der Waals surface area contributed by atoms with Crippen LogP contribution in [0.2, 0.25) is 0 Å². The van der Waals surface area contributed by atoms with Gasteiger partial charge in [-0.2, -0.15) is 0 Å². The van der Waals surface area contributed by atoms with Crippen LogP contribution in [0.25, 0.3) is 0 Å². The molecule has 2 aromatic rings. The van der Waals surface area contributed by atoms with Crippen molar-refractivity contribution in [3.05, 3.63) is 71.8 Å². The largest absolute Gasteiger partial charge is 0.481 e. The molecule has 22 heavy (non-hydrogen) atoms. The zero-order chi connectivity index (χ0) is 15.8. The Morgan fingerprint density at radius 3 is 1.91 bits per heavy atom. The summed E-state index contributed by atoms with van der Waals surface area (Å²) in [6.45, 7) is 2.22. The van der Waals surface area contributed by atoms with Crippen LogP contribution < -0.4 is 0 Å². The zero-order valence-corrected chi connectivity index (χ0v) is 13.1. The van der Waals surface area contributed by atoms with E-state index >= 15 is 0 Å². The van der Waals surface area contributed by atoms with Gasteiger partial charge in [-0.05, 0) is 42.2 Å². The number of rotatable bonds is 8. The minimum absolute atomic E-state index is 0.193. The number of benzene rings is 2. The van der Waals surface area contributed by atoms with Gasteiger partial charge < -0.3 is 5.11 Å². The molecular formula is C20H24O2. The second kappa shape index (κ2) is 8.38. The van der Waals surface area contributed by atoms with Crippen molar-refractivity contribution in [2.24, 2.45) is 11.8 Å². The SMILES string of the molecule is CC(Cc1ccccc1)CC(CC(=O)O)Cc1ccccc1. The standard InChI is InChI=1S/C20H24O2/c1-16(12-17-8-4-2-5-9-17)13-19(15-20(21)22)14-18-10-6-3-7-11-18/h2-11,16,19H,12-15H2,1H3,(H,21,22). The van der Waals surface area contributed by atoms with Gasteiger partial charge in [-0.25, -0.2) is 0 Å². The average molecular weight is 296 g/mol. The quantitative estimate of drug-likeness (QED) is 0.773. The lowest BCUT2D eigenvalue weighted by Gasteiger charge is -2.20. The number of carboxylic acid groups (broad SMARTS) is 1. The molecule has 2 heteroatoms. The Bertz CT molecular complexity index is 563. The lowest BCUT2D eigenvalue weighted by Crippen LogP contribution is -2.15. The van der Waals surface area contributed by atoms with Crippen molar-refractivity contribution in [3.8, 4) is 0 Å². The predicted octanol–water partition coefficient (Wildman–Crippen LogP) is 4.59. The van der Waals surface area contributed by atoms with Crippen LogP contribution in [0.4, 0.5) is 0 Å². The number of hydrogen-bond acceptors (Lipinski definition) is 1. The third kappa shape index (κ3) is 5.72. The monoisotopic (exact) mass is 296 g/mol.